The second kappa shape index (κ2) is 8.57. The van der Waals surface area contributed by atoms with E-state index in [1.54, 1.807) is 17.2 Å². The average Bonchev–Trinajstić information content (AvgIpc) is 3.70. The first kappa shape index (κ1) is 24.5. The molecule has 5 aromatic carbocycles. The van der Waals surface area contributed by atoms with E-state index in [1.807, 2.05) is 30.4 Å². The highest BCUT2D eigenvalue weighted by atomic mass is 32.1. The van der Waals surface area contributed by atoms with Gasteiger partial charge < -0.3 is 4.90 Å². The molecule has 5 unspecified atom stereocenters. The van der Waals surface area contributed by atoms with Crippen LogP contribution in [0.5, 0.6) is 0 Å². The third-order valence-corrected chi connectivity index (χ3v) is 12.8. The SMILES string of the molecule is Cc1cc(N(c2ccc3c(c2)-c2ccccc2C32C3CC4CC(C3)C2C4)c2ccc3c(c2)sc2ccccc23)ccc1F. The highest BCUT2D eigenvalue weighted by Crippen LogP contribution is 2.73. The number of fused-ring (bicyclic) bond motifs is 6. The summed E-state index contributed by atoms with van der Waals surface area (Å²) < 4.78 is 17.1. The van der Waals surface area contributed by atoms with Crippen molar-refractivity contribution in [2.45, 2.75) is 38.0 Å². The van der Waals surface area contributed by atoms with E-state index in [9.17, 15) is 4.39 Å². The Bertz CT molecular complexity index is 2120. The molecule has 5 aliphatic rings. The van der Waals surface area contributed by atoms with E-state index in [1.165, 1.54) is 57.0 Å². The number of benzene rings is 5. The van der Waals surface area contributed by atoms with Crippen LogP contribution in [0.15, 0.2) is 103 Å². The smallest absolute Gasteiger partial charge is 0.126 e. The average molecular weight is 578 g/mol. The van der Waals surface area contributed by atoms with E-state index in [0.29, 0.717) is 5.56 Å². The molecule has 0 saturated heterocycles. The molecule has 5 aliphatic carbocycles. The minimum absolute atomic E-state index is 0.167. The first-order chi connectivity index (χ1) is 21.1. The van der Waals surface area contributed by atoms with E-state index in [4.69, 9.17) is 0 Å². The Kier molecular flexibility index (Phi) is 4.88. The Morgan fingerprint density at radius 1 is 0.674 bits per heavy atom. The molecule has 4 fully saturated rings. The first-order valence-corrected chi connectivity index (χ1v) is 16.6. The summed E-state index contributed by atoms with van der Waals surface area (Å²) in [5.41, 5.74) is 10.0. The first-order valence-electron chi connectivity index (χ1n) is 15.8. The van der Waals surface area contributed by atoms with Crippen LogP contribution in [0.4, 0.5) is 21.5 Å². The number of halogens is 1. The fourth-order valence-corrected chi connectivity index (χ4v) is 11.3. The maximum absolute atomic E-state index is 14.5. The summed E-state index contributed by atoms with van der Waals surface area (Å²) in [5, 5.41) is 2.59. The lowest BCUT2D eigenvalue weighted by Gasteiger charge is -2.44. The normalized spacial score (nSPS) is 26.1. The lowest BCUT2D eigenvalue weighted by Crippen LogP contribution is -2.40. The van der Waals surface area contributed by atoms with Gasteiger partial charge in [0.1, 0.15) is 5.82 Å². The third-order valence-electron chi connectivity index (χ3n) is 11.6. The molecule has 0 radical (unpaired) electrons. The largest absolute Gasteiger partial charge is 0.310 e. The minimum Gasteiger partial charge on any atom is -0.310 e. The fraction of sp³-hybridized carbons (Fsp3) is 0.250. The zero-order valence-corrected chi connectivity index (χ0v) is 25.0. The number of hydrogen-bond donors (Lipinski definition) is 0. The number of hydrogen-bond acceptors (Lipinski definition) is 2. The molecular weight excluding hydrogens is 546 g/mol. The topological polar surface area (TPSA) is 3.24 Å². The summed E-state index contributed by atoms with van der Waals surface area (Å²) in [6.45, 7) is 1.86. The van der Waals surface area contributed by atoms with Gasteiger partial charge in [-0.3, -0.25) is 0 Å². The molecular formula is C40H32FNS. The number of nitrogens with zero attached hydrogens (tertiary/aromatic N) is 1. The highest BCUT2D eigenvalue weighted by molar-refractivity contribution is 7.25. The van der Waals surface area contributed by atoms with Crippen molar-refractivity contribution in [1.29, 1.82) is 0 Å². The van der Waals surface area contributed by atoms with Crippen molar-refractivity contribution in [3.63, 3.8) is 0 Å². The van der Waals surface area contributed by atoms with E-state index >= 15 is 0 Å². The molecule has 5 atom stereocenters. The predicted octanol–water partition coefficient (Wildman–Crippen LogP) is 11.3. The van der Waals surface area contributed by atoms with Crippen LogP contribution in [-0.2, 0) is 5.41 Å². The van der Waals surface area contributed by atoms with Crippen LogP contribution < -0.4 is 4.90 Å². The Morgan fingerprint density at radius 3 is 2.33 bits per heavy atom. The lowest BCUT2D eigenvalue weighted by atomic mass is 9.59. The molecule has 0 aliphatic heterocycles. The zero-order valence-electron chi connectivity index (χ0n) is 24.2. The third kappa shape index (κ3) is 3.16. The molecule has 1 aromatic heterocycles. The molecule has 4 bridgehead atoms. The maximum atomic E-state index is 14.5. The van der Waals surface area contributed by atoms with Gasteiger partial charge >= 0.3 is 0 Å². The van der Waals surface area contributed by atoms with Crippen molar-refractivity contribution in [3.8, 4) is 11.1 Å². The van der Waals surface area contributed by atoms with Crippen LogP contribution in [0, 0.1) is 36.4 Å². The molecule has 4 saturated carbocycles. The summed E-state index contributed by atoms with van der Waals surface area (Å²) >= 11 is 1.84. The number of thiophene rings is 1. The molecule has 1 nitrogen and oxygen atoms in total. The number of rotatable bonds is 3. The van der Waals surface area contributed by atoms with Crippen molar-refractivity contribution in [2.24, 2.45) is 23.7 Å². The molecule has 3 heteroatoms. The number of anilines is 3. The maximum Gasteiger partial charge on any atom is 0.126 e. The predicted molar refractivity (Wildman–Crippen MR) is 177 cm³/mol. The van der Waals surface area contributed by atoms with Crippen LogP contribution in [0.25, 0.3) is 31.3 Å². The Morgan fingerprint density at radius 2 is 1.42 bits per heavy atom. The summed E-state index contributed by atoms with van der Waals surface area (Å²) in [6, 6.07) is 37.5. The van der Waals surface area contributed by atoms with E-state index in [0.717, 1.165) is 40.7 Å². The second-order valence-electron chi connectivity index (χ2n) is 13.6. The van der Waals surface area contributed by atoms with Gasteiger partial charge in [-0.05, 0) is 133 Å². The van der Waals surface area contributed by atoms with Crippen LogP contribution in [-0.4, -0.2) is 0 Å². The van der Waals surface area contributed by atoms with E-state index in [-0.39, 0.29) is 11.2 Å². The molecule has 210 valence electrons. The van der Waals surface area contributed by atoms with Crippen LogP contribution in [0.2, 0.25) is 0 Å². The van der Waals surface area contributed by atoms with E-state index in [2.05, 4.69) is 89.8 Å². The van der Waals surface area contributed by atoms with Gasteiger partial charge in [-0.1, -0.05) is 54.6 Å². The zero-order chi connectivity index (χ0) is 28.4. The van der Waals surface area contributed by atoms with Crippen LogP contribution >= 0.6 is 11.3 Å². The summed E-state index contributed by atoms with van der Waals surface area (Å²) in [5.74, 6) is 3.19. The quantitative estimate of drug-likeness (QED) is 0.202. The second-order valence-corrected chi connectivity index (χ2v) is 14.6. The van der Waals surface area contributed by atoms with Gasteiger partial charge in [0.25, 0.3) is 0 Å². The molecule has 1 spiro atoms. The van der Waals surface area contributed by atoms with E-state index < -0.39 is 0 Å². The van der Waals surface area contributed by atoms with Crippen molar-refractivity contribution in [1.82, 2.24) is 0 Å². The molecule has 1 heterocycles. The standard InChI is InChI=1S/C40H32FNS/c1-23-16-27(12-15-37(23)41)42(29-10-13-32-31-7-3-5-9-38(31)43-39(32)22-29)28-11-14-35-33(21-28)30-6-2-4-8-34(30)40(35)26-18-24-17-25(20-26)36(40)19-24/h2-16,21-22,24-26,36H,17-20H2,1H3. The van der Waals surface area contributed by atoms with Gasteiger partial charge in [0.15, 0.2) is 0 Å². The molecule has 11 rings (SSSR count). The Labute approximate surface area is 255 Å². The lowest BCUT2D eigenvalue weighted by molar-refractivity contribution is 0.191. The minimum atomic E-state index is -0.167. The van der Waals surface area contributed by atoms with Gasteiger partial charge in [0.2, 0.25) is 0 Å². The Balaban J connectivity index is 1.19. The fourth-order valence-electron chi connectivity index (χ4n) is 10.2. The van der Waals surface area contributed by atoms with Crippen molar-refractivity contribution in [3.05, 3.63) is 126 Å². The van der Waals surface area contributed by atoms with Crippen LogP contribution in [0.1, 0.15) is 42.4 Å². The molecule has 0 N–H and O–H groups in total. The molecule has 0 amide bonds. The summed E-state index contributed by atoms with van der Waals surface area (Å²) in [4.78, 5) is 2.33. The molecule has 43 heavy (non-hydrogen) atoms. The molecule has 6 aromatic rings. The summed E-state index contributed by atoms with van der Waals surface area (Å²) in [6.07, 6.45) is 5.62. The van der Waals surface area contributed by atoms with Gasteiger partial charge in [-0.25, -0.2) is 4.39 Å². The van der Waals surface area contributed by atoms with Gasteiger partial charge in [0, 0.05) is 42.6 Å². The monoisotopic (exact) mass is 577 g/mol. The van der Waals surface area contributed by atoms with Gasteiger partial charge in [0.05, 0.1) is 0 Å². The Hall–Kier alpha value is -3.95. The van der Waals surface area contributed by atoms with Gasteiger partial charge in [-0.15, -0.1) is 11.3 Å². The van der Waals surface area contributed by atoms with Crippen LogP contribution in [0.3, 0.4) is 0 Å². The number of aryl methyl sites for hydroxylation is 1. The van der Waals surface area contributed by atoms with Crippen molar-refractivity contribution >= 4 is 48.6 Å². The highest BCUT2D eigenvalue weighted by Gasteiger charge is 2.65. The van der Waals surface area contributed by atoms with Crippen molar-refractivity contribution in [2.75, 3.05) is 4.90 Å². The van der Waals surface area contributed by atoms with Crippen molar-refractivity contribution < 1.29 is 4.39 Å². The summed E-state index contributed by atoms with van der Waals surface area (Å²) in [7, 11) is 0. The van der Waals surface area contributed by atoms with Gasteiger partial charge in [-0.2, -0.15) is 0 Å².